The Labute approximate surface area is 153 Å². The van der Waals surface area contributed by atoms with E-state index in [1.54, 1.807) is 0 Å². The van der Waals surface area contributed by atoms with E-state index >= 15 is 0 Å². The maximum Gasteiger partial charge on any atom is 0.194 e. The number of aliphatic hydroxyl groups is 1. The van der Waals surface area contributed by atoms with Crippen molar-refractivity contribution >= 4 is 11.6 Å². The Morgan fingerprint density at radius 3 is 2.54 bits per heavy atom. The Hall–Kier alpha value is -1.89. The van der Waals surface area contributed by atoms with Gasteiger partial charge < -0.3 is 20.2 Å². The molecule has 1 saturated carbocycles. The molecule has 2 N–H and O–H groups in total. The van der Waals surface area contributed by atoms with E-state index in [4.69, 9.17) is 0 Å². The minimum atomic E-state index is -0.673. The number of hydrogen-bond donors (Lipinski definition) is 2. The molecule has 2 fully saturated rings. The first-order valence-corrected chi connectivity index (χ1v) is 9.46. The van der Waals surface area contributed by atoms with Crippen LogP contribution in [-0.4, -0.2) is 60.8 Å². The van der Waals surface area contributed by atoms with Crippen molar-refractivity contribution in [1.82, 2.24) is 10.2 Å². The number of piperazine rings is 1. The molecule has 26 heavy (non-hydrogen) atoms. The molecule has 144 valence electrons. The van der Waals surface area contributed by atoms with Crippen LogP contribution >= 0.6 is 0 Å². The van der Waals surface area contributed by atoms with Crippen molar-refractivity contribution in [2.45, 2.75) is 38.2 Å². The number of anilines is 1. The molecule has 1 aromatic carbocycles. The smallest absolute Gasteiger partial charge is 0.194 e. The zero-order valence-corrected chi connectivity index (χ0v) is 15.3. The molecule has 0 unspecified atom stereocenters. The van der Waals surface area contributed by atoms with Crippen molar-refractivity contribution in [3.63, 3.8) is 0 Å². The Kier molecular flexibility index (Phi) is 5.96. The molecule has 0 amide bonds. The fourth-order valence-corrected chi connectivity index (χ4v) is 3.73. The van der Waals surface area contributed by atoms with Crippen LogP contribution in [0.3, 0.4) is 0 Å². The summed E-state index contributed by atoms with van der Waals surface area (Å²) < 4.78 is 27.4. The number of hydrogen-bond acceptors (Lipinski definition) is 3. The summed E-state index contributed by atoms with van der Waals surface area (Å²) in [5.41, 5.74) is -0.362. The van der Waals surface area contributed by atoms with E-state index in [9.17, 15) is 13.9 Å². The van der Waals surface area contributed by atoms with Crippen molar-refractivity contribution in [2.24, 2.45) is 4.99 Å². The number of nitrogens with one attached hydrogen (secondary N) is 1. The first-order valence-electron chi connectivity index (χ1n) is 9.46. The van der Waals surface area contributed by atoms with Crippen LogP contribution in [0.1, 0.15) is 32.6 Å². The Morgan fingerprint density at radius 1 is 1.19 bits per heavy atom. The summed E-state index contributed by atoms with van der Waals surface area (Å²) in [4.78, 5) is 8.63. The molecule has 0 atom stereocenters. The summed E-state index contributed by atoms with van der Waals surface area (Å²) in [6.07, 6.45) is 3.73. The standard InChI is InChI=1S/C19H28F2N4O/c1-2-22-18(23-14-19(26)7-3-4-8-19)25-11-9-24(10-12-25)17-13-15(20)5-6-16(17)21/h5-6,13,26H,2-4,7-12,14H2,1H3,(H,22,23). The van der Waals surface area contributed by atoms with Crippen LogP contribution < -0.4 is 10.2 Å². The first-order chi connectivity index (χ1) is 12.5. The van der Waals surface area contributed by atoms with Gasteiger partial charge in [0.2, 0.25) is 0 Å². The summed E-state index contributed by atoms with van der Waals surface area (Å²) in [5, 5.41) is 13.8. The zero-order valence-electron chi connectivity index (χ0n) is 15.3. The van der Waals surface area contributed by atoms with E-state index < -0.39 is 17.2 Å². The zero-order chi connectivity index (χ0) is 18.6. The lowest BCUT2D eigenvalue weighted by Gasteiger charge is -2.38. The van der Waals surface area contributed by atoms with Crippen LogP contribution in [0.2, 0.25) is 0 Å². The second-order valence-electron chi connectivity index (χ2n) is 7.17. The fraction of sp³-hybridized carbons (Fsp3) is 0.632. The van der Waals surface area contributed by atoms with Gasteiger partial charge in [0.1, 0.15) is 11.6 Å². The van der Waals surface area contributed by atoms with Crippen molar-refractivity contribution in [3.8, 4) is 0 Å². The van der Waals surface area contributed by atoms with E-state index in [-0.39, 0.29) is 0 Å². The normalized spacial score (nSPS) is 20.5. The molecule has 0 bridgehead atoms. The monoisotopic (exact) mass is 366 g/mol. The molecule has 1 heterocycles. The number of rotatable bonds is 4. The van der Waals surface area contributed by atoms with E-state index in [1.165, 1.54) is 12.1 Å². The van der Waals surface area contributed by atoms with Gasteiger partial charge in [-0.15, -0.1) is 0 Å². The van der Waals surface area contributed by atoms with E-state index in [0.717, 1.165) is 44.3 Å². The topological polar surface area (TPSA) is 51.1 Å². The van der Waals surface area contributed by atoms with Gasteiger partial charge in [0.25, 0.3) is 0 Å². The molecule has 0 radical (unpaired) electrons. The Morgan fingerprint density at radius 2 is 1.88 bits per heavy atom. The number of halogens is 2. The number of nitrogens with zero attached hydrogens (tertiary/aromatic N) is 3. The quantitative estimate of drug-likeness (QED) is 0.635. The first kappa shape index (κ1) is 18.9. The Bertz CT molecular complexity index is 638. The van der Waals surface area contributed by atoms with E-state index in [1.807, 2.05) is 11.8 Å². The van der Waals surface area contributed by atoms with Gasteiger partial charge in [0, 0.05) is 38.8 Å². The molecular weight excluding hydrogens is 338 g/mol. The third-order valence-electron chi connectivity index (χ3n) is 5.22. The van der Waals surface area contributed by atoms with Crippen LogP contribution in [0, 0.1) is 11.6 Å². The van der Waals surface area contributed by atoms with Crippen LogP contribution in [0.15, 0.2) is 23.2 Å². The summed E-state index contributed by atoms with van der Waals surface area (Å²) in [5.74, 6) is -0.0420. The third kappa shape index (κ3) is 4.44. The lowest BCUT2D eigenvalue weighted by Crippen LogP contribution is -2.53. The predicted octanol–water partition coefficient (Wildman–Crippen LogP) is 2.36. The number of benzene rings is 1. The van der Waals surface area contributed by atoms with Crippen LogP contribution in [0.25, 0.3) is 0 Å². The van der Waals surface area contributed by atoms with Gasteiger partial charge in [-0.2, -0.15) is 0 Å². The minimum absolute atomic E-state index is 0.312. The second-order valence-corrected chi connectivity index (χ2v) is 7.17. The van der Waals surface area contributed by atoms with Crippen LogP contribution in [0.5, 0.6) is 0 Å². The average molecular weight is 366 g/mol. The third-order valence-corrected chi connectivity index (χ3v) is 5.22. The molecule has 3 rings (SSSR count). The molecule has 2 aliphatic rings. The summed E-state index contributed by atoms with van der Waals surface area (Å²) in [6, 6.07) is 3.56. The van der Waals surface area contributed by atoms with Crippen molar-refractivity contribution in [3.05, 3.63) is 29.8 Å². The highest BCUT2D eigenvalue weighted by molar-refractivity contribution is 5.80. The molecule has 7 heteroatoms. The van der Waals surface area contributed by atoms with Gasteiger partial charge in [0.05, 0.1) is 17.8 Å². The van der Waals surface area contributed by atoms with Gasteiger partial charge in [-0.05, 0) is 31.9 Å². The summed E-state index contributed by atoms with van der Waals surface area (Å²) >= 11 is 0. The number of aliphatic imine (C=N–C) groups is 1. The molecule has 1 aliphatic carbocycles. The summed E-state index contributed by atoms with van der Waals surface area (Å²) in [6.45, 7) is 5.69. The SMILES string of the molecule is CCNC(=NCC1(O)CCCC1)N1CCN(c2cc(F)ccc2F)CC1. The molecular formula is C19H28F2N4O. The predicted molar refractivity (Wildman–Crippen MR) is 99.5 cm³/mol. The van der Waals surface area contributed by atoms with Crippen molar-refractivity contribution < 1.29 is 13.9 Å². The largest absolute Gasteiger partial charge is 0.388 e. The highest BCUT2D eigenvalue weighted by Gasteiger charge is 2.31. The van der Waals surface area contributed by atoms with Gasteiger partial charge in [-0.25, -0.2) is 8.78 Å². The molecule has 0 spiro atoms. The van der Waals surface area contributed by atoms with Gasteiger partial charge >= 0.3 is 0 Å². The lowest BCUT2D eigenvalue weighted by molar-refractivity contribution is 0.0571. The van der Waals surface area contributed by atoms with Gasteiger partial charge in [-0.3, -0.25) is 4.99 Å². The van der Waals surface area contributed by atoms with Crippen LogP contribution in [0.4, 0.5) is 14.5 Å². The minimum Gasteiger partial charge on any atom is -0.388 e. The summed E-state index contributed by atoms with van der Waals surface area (Å²) in [7, 11) is 0. The van der Waals surface area contributed by atoms with Gasteiger partial charge in [0.15, 0.2) is 5.96 Å². The molecule has 1 aromatic rings. The maximum absolute atomic E-state index is 14.0. The molecule has 1 saturated heterocycles. The number of guanidine groups is 1. The second kappa shape index (κ2) is 8.20. The van der Waals surface area contributed by atoms with Gasteiger partial charge in [-0.1, -0.05) is 12.8 Å². The highest BCUT2D eigenvalue weighted by atomic mass is 19.1. The lowest BCUT2D eigenvalue weighted by atomic mass is 10.0. The van der Waals surface area contributed by atoms with E-state index in [2.05, 4.69) is 15.2 Å². The molecule has 1 aliphatic heterocycles. The fourth-order valence-electron chi connectivity index (χ4n) is 3.73. The molecule has 0 aromatic heterocycles. The van der Waals surface area contributed by atoms with Crippen molar-refractivity contribution in [1.29, 1.82) is 0 Å². The maximum atomic E-state index is 14.0. The highest BCUT2D eigenvalue weighted by Crippen LogP contribution is 2.29. The van der Waals surface area contributed by atoms with Crippen molar-refractivity contribution in [2.75, 3.05) is 44.2 Å². The molecule has 5 nitrogen and oxygen atoms in total. The van der Waals surface area contributed by atoms with Crippen LogP contribution in [-0.2, 0) is 0 Å². The van der Waals surface area contributed by atoms with E-state index in [0.29, 0.717) is 38.4 Å². The average Bonchev–Trinajstić information content (AvgIpc) is 3.08. The Balaban J connectivity index is 1.63.